The number of rotatable bonds is 47. The number of ether oxygens (including phenoxy) is 1. The second-order valence-corrected chi connectivity index (χ2v) is 17.9. The van der Waals surface area contributed by atoms with Crippen LogP contribution < -0.4 is 5.32 Å². The predicted octanol–water partition coefficient (Wildman–Crippen LogP) is 15.7. The summed E-state index contributed by atoms with van der Waals surface area (Å²) >= 11 is 0. The number of carbonyl (C=O) groups is 2. The Morgan fingerprint density at radius 2 is 0.850 bits per heavy atom. The Bertz CT molecular complexity index is 993. The van der Waals surface area contributed by atoms with E-state index < -0.39 is 18.2 Å². The van der Waals surface area contributed by atoms with Gasteiger partial charge in [0.25, 0.3) is 0 Å². The minimum absolute atomic E-state index is 0.0723. The van der Waals surface area contributed by atoms with Crippen LogP contribution in [0.5, 0.6) is 0 Å². The van der Waals surface area contributed by atoms with Gasteiger partial charge in [-0.15, -0.1) is 0 Å². The summed E-state index contributed by atoms with van der Waals surface area (Å²) in [4.78, 5) is 26.1. The first-order chi connectivity index (χ1) is 29.5. The number of carbonyl (C=O) groups excluding carboxylic acids is 2. The minimum Gasteiger partial charge on any atom is -0.462 e. The summed E-state index contributed by atoms with van der Waals surface area (Å²) in [7, 11) is 0. The van der Waals surface area contributed by atoms with E-state index in [4.69, 9.17) is 4.74 Å². The molecule has 6 nitrogen and oxygen atoms in total. The summed E-state index contributed by atoms with van der Waals surface area (Å²) in [6, 6.07) is -0.702. The van der Waals surface area contributed by atoms with Crippen molar-refractivity contribution in [3.05, 3.63) is 36.5 Å². The number of amides is 1. The lowest BCUT2D eigenvalue weighted by Crippen LogP contribution is -2.46. The van der Waals surface area contributed by atoms with E-state index in [1.165, 1.54) is 148 Å². The first-order valence-electron chi connectivity index (χ1n) is 26.2. The van der Waals surface area contributed by atoms with E-state index in [1.807, 2.05) is 0 Å². The van der Waals surface area contributed by atoms with Gasteiger partial charge >= 0.3 is 5.97 Å². The molecule has 60 heavy (non-hydrogen) atoms. The van der Waals surface area contributed by atoms with Crippen molar-refractivity contribution in [3.63, 3.8) is 0 Å². The van der Waals surface area contributed by atoms with Crippen LogP contribution >= 0.6 is 0 Å². The molecular formula is C54H101NO5. The van der Waals surface area contributed by atoms with Crippen molar-refractivity contribution in [3.8, 4) is 0 Å². The van der Waals surface area contributed by atoms with E-state index in [0.717, 1.165) is 77.0 Å². The summed E-state index contributed by atoms with van der Waals surface area (Å²) in [6.07, 6.45) is 56.3. The van der Waals surface area contributed by atoms with Gasteiger partial charge in [-0.3, -0.25) is 9.59 Å². The van der Waals surface area contributed by atoms with Crippen molar-refractivity contribution in [1.82, 2.24) is 5.32 Å². The molecule has 0 aromatic heterocycles. The molecule has 3 N–H and O–H groups in total. The summed E-state index contributed by atoms with van der Waals surface area (Å²) < 4.78 is 5.93. The zero-order valence-corrected chi connectivity index (χ0v) is 40.1. The second kappa shape index (κ2) is 48.1. The van der Waals surface area contributed by atoms with Gasteiger partial charge in [0, 0.05) is 6.42 Å². The number of aliphatic hydroxyl groups excluding tert-OH is 2. The molecule has 0 saturated carbocycles. The maximum absolute atomic E-state index is 13.2. The normalized spacial score (nSPS) is 13.5. The molecule has 6 heteroatoms. The van der Waals surface area contributed by atoms with Crippen molar-refractivity contribution in [1.29, 1.82) is 0 Å². The maximum Gasteiger partial charge on any atom is 0.306 e. The number of unbranched alkanes of at least 4 members (excludes halogenated alkanes) is 29. The zero-order chi connectivity index (χ0) is 43.8. The number of hydrogen-bond acceptors (Lipinski definition) is 5. The van der Waals surface area contributed by atoms with E-state index in [-0.39, 0.29) is 24.9 Å². The topological polar surface area (TPSA) is 95.9 Å². The Balaban J connectivity index is 4.58. The van der Waals surface area contributed by atoms with Crippen molar-refractivity contribution >= 4 is 11.9 Å². The lowest BCUT2D eigenvalue weighted by molar-refractivity contribution is -0.151. The first kappa shape index (κ1) is 58.1. The molecule has 0 aliphatic rings. The highest BCUT2D eigenvalue weighted by Crippen LogP contribution is 2.18. The Hall–Kier alpha value is -1.92. The fraction of sp³-hybridized carbons (Fsp3) is 0.852. The van der Waals surface area contributed by atoms with Crippen LogP contribution in [0.15, 0.2) is 36.5 Å². The molecule has 0 radical (unpaired) electrons. The third-order valence-electron chi connectivity index (χ3n) is 12.0. The van der Waals surface area contributed by atoms with Gasteiger partial charge in [0.2, 0.25) is 5.91 Å². The standard InChI is InChI=1S/C54H101NO5/c1-4-7-10-13-16-19-21-23-25-26-28-30-32-35-38-41-44-47-54(59)60-50(45-42-39-36-34-31-29-27-24-22-20-17-14-11-8-5-2)48-53(58)55-51(49-56)52(57)46-43-40-37-33-18-15-12-9-6-3/h16,19,23,25,28,30,50-52,56-57H,4-15,17-18,20-22,24,26-27,29,31-49H2,1-3H3,(H,55,58)/b19-16-,25-23-,30-28-. The molecule has 0 heterocycles. The molecular weight excluding hydrogens is 743 g/mol. The molecule has 0 saturated heterocycles. The SMILES string of the molecule is CCCCC/C=C\C/C=C\C/C=C\CCCCCCC(=O)OC(CCCCCCCCCCCCCCCCC)CC(=O)NC(CO)C(O)CCCCCCCCCCC. The summed E-state index contributed by atoms with van der Waals surface area (Å²) in [5.74, 6) is -0.488. The van der Waals surface area contributed by atoms with Crippen LogP contribution in [0.4, 0.5) is 0 Å². The number of allylic oxidation sites excluding steroid dienone is 6. The predicted molar refractivity (Wildman–Crippen MR) is 259 cm³/mol. The van der Waals surface area contributed by atoms with Gasteiger partial charge in [0.05, 0.1) is 25.2 Å². The van der Waals surface area contributed by atoms with Gasteiger partial charge in [0.15, 0.2) is 0 Å². The summed E-state index contributed by atoms with van der Waals surface area (Å²) in [5.41, 5.74) is 0. The lowest BCUT2D eigenvalue weighted by Gasteiger charge is -2.24. The van der Waals surface area contributed by atoms with Crippen LogP contribution in [0.3, 0.4) is 0 Å². The second-order valence-electron chi connectivity index (χ2n) is 17.9. The Morgan fingerprint density at radius 1 is 0.483 bits per heavy atom. The largest absolute Gasteiger partial charge is 0.462 e. The molecule has 1 amide bonds. The number of hydrogen-bond donors (Lipinski definition) is 3. The zero-order valence-electron chi connectivity index (χ0n) is 40.1. The van der Waals surface area contributed by atoms with E-state index in [1.54, 1.807) is 0 Å². The van der Waals surface area contributed by atoms with Crippen LogP contribution in [0.2, 0.25) is 0 Å². The lowest BCUT2D eigenvalue weighted by atomic mass is 10.0. The maximum atomic E-state index is 13.2. The van der Waals surface area contributed by atoms with Crippen molar-refractivity contribution in [2.24, 2.45) is 0 Å². The highest BCUT2D eigenvalue weighted by molar-refractivity contribution is 5.77. The molecule has 3 atom stereocenters. The van der Waals surface area contributed by atoms with E-state index in [9.17, 15) is 19.8 Å². The van der Waals surface area contributed by atoms with Crippen LogP contribution in [0.25, 0.3) is 0 Å². The number of esters is 1. The van der Waals surface area contributed by atoms with Gasteiger partial charge in [-0.25, -0.2) is 0 Å². The summed E-state index contributed by atoms with van der Waals surface area (Å²) in [6.45, 7) is 6.45. The average Bonchev–Trinajstić information content (AvgIpc) is 3.24. The fourth-order valence-electron chi connectivity index (χ4n) is 7.97. The molecule has 0 bridgehead atoms. The third-order valence-corrected chi connectivity index (χ3v) is 12.0. The van der Waals surface area contributed by atoms with Gasteiger partial charge in [-0.05, 0) is 64.2 Å². The molecule has 0 aliphatic carbocycles. The third kappa shape index (κ3) is 42.8. The highest BCUT2D eigenvalue weighted by Gasteiger charge is 2.24. The van der Waals surface area contributed by atoms with Crippen LogP contribution in [0.1, 0.15) is 271 Å². The quantitative estimate of drug-likeness (QED) is 0.0322. The Kier molecular flexibility index (Phi) is 46.6. The van der Waals surface area contributed by atoms with Crippen LogP contribution in [-0.2, 0) is 14.3 Å². The molecule has 0 aromatic carbocycles. The van der Waals surface area contributed by atoms with E-state index >= 15 is 0 Å². The molecule has 0 fully saturated rings. The van der Waals surface area contributed by atoms with Crippen LogP contribution in [-0.4, -0.2) is 46.9 Å². The van der Waals surface area contributed by atoms with Gasteiger partial charge in [-0.1, -0.05) is 231 Å². The van der Waals surface area contributed by atoms with Gasteiger partial charge in [-0.2, -0.15) is 0 Å². The van der Waals surface area contributed by atoms with Gasteiger partial charge in [0.1, 0.15) is 6.10 Å². The molecule has 0 aliphatic heterocycles. The Labute approximate surface area is 373 Å². The molecule has 0 aromatic rings. The van der Waals surface area contributed by atoms with E-state index in [0.29, 0.717) is 19.3 Å². The van der Waals surface area contributed by atoms with Gasteiger partial charge < -0.3 is 20.3 Å². The minimum atomic E-state index is -0.787. The molecule has 352 valence electrons. The van der Waals surface area contributed by atoms with Crippen molar-refractivity contribution < 1.29 is 24.5 Å². The van der Waals surface area contributed by atoms with Crippen molar-refractivity contribution in [2.45, 2.75) is 289 Å². The molecule has 0 spiro atoms. The number of aliphatic hydroxyl groups is 2. The van der Waals surface area contributed by atoms with Crippen LogP contribution in [0, 0.1) is 0 Å². The van der Waals surface area contributed by atoms with Crippen molar-refractivity contribution in [2.75, 3.05) is 6.61 Å². The average molecular weight is 844 g/mol. The first-order valence-corrected chi connectivity index (χ1v) is 26.2. The number of nitrogens with one attached hydrogen (secondary N) is 1. The fourth-order valence-corrected chi connectivity index (χ4v) is 7.97. The van der Waals surface area contributed by atoms with E-state index in [2.05, 4.69) is 62.5 Å². The highest BCUT2D eigenvalue weighted by atomic mass is 16.5. The summed E-state index contributed by atoms with van der Waals surface area (Å²) in [5, 5.41) is 23.7. The molecule has 0 rings (SSSR count). The Morgan fingerprint density at radius 3 is 1.32 bits per heavy atom. The monoisotopic (exact) mass is 844 g/mol. The molecule has 3 unspecified atom stereocenters. The smallest absolute Gasteiger partial charge is 0.306 e.